The lowest BCUT2D eigenvalue weighted by Crippen LogP contribution is -2.29. The lowest BCUT2D eigenvalue weighted by molar-refractivity contribution is -0.137. The van der Waals surface area contributed by atoms with Crippen molar-refractivity contribution in [2.24, 2.45) is 0 Å². The Hall–Kier alpha value is -2.09. The van der Waals surface area contributed by atoms with Crippen LogP contribution < -0.4 is 10.6 Å². The van der Waals surface area contributed by atoms with Crippen molar-refractivity contribution >= 4 is 17.9 Å². The van der Waals surface area contributed by atoms with Gasteiger partial charge in [0.15, 0.2) is 0 Å². The summed E-state index contributed by atoms with van der Waals surface area (Å²) in [5.41, 5.74) is 0.196. The van der Waals surface area contributed by atoms with Crippen molar-refractivity contribution < 1.29 is 19.4 Å². The van der Waals surface area contributed by atoms with E-state index < -0.39 is 17.7 Å². The standard InChI is InChI=1S/C14H24N4O4/c1-9(5-6-11(19)20)15-7-10-8-16-18-12(10)17-13(21)22-14(2,3)4/h8-9,15H,5-7H2,1-4H3,(H,19,20)(H2,16,17,18,21). The molecule has 8 heteroatoms. The van der Waals surface area contributed by atoms with E-state index in [1.54, 1.807) is 27.0 Å². The Morgan fingerprint density at radius 1 is 1.45 bits per heavy atom. The van der Waals surface area contributed by atoms with E-state index in [0.717, 1.165) is 5.56 Å². The third kappa shape index (κ3) is 7.07. The number of aromatic amines is 1. The number of carboxylic acids is 1. The molecule has 0 saturated carbocycles. The minimum absolute atomic E-state index is 0.0420. The fourth-order valence-corrected chi connectivity index (χ4v) is 1.69. The lowest BCUT2D eigenvalue weighted by Gasteiger charge is -2.19. The number of H-pyrrole nitrogens is 1. The molecule has 1 atom stereocenters. The molecule has 0 bridgehead atoms. The number of hydrogen-bond donors (Lipinski definition) is 4. The zero-order chi connectivity index (χ0) is 16.8. The first-order chi connectivity index (χ1) is 10.2. The summed E-state index contributed by atoms with van der Waals surface area (Å²) in [6.07, 6.45) is 1.69. The molecule has 124 valence electrons. The van der Waals surface area contributed by atoms with Crippen molar-refractivity contribution in [2.45, 2.75) is 58.7 Å². The molecule has 1 aromatic heterocycles. The van der Waals surface area contributed by atoms with Crippen LogP contribution in [0.4, 0.5) is 10.6 Å². The smallest absolute Gasteiger partial charge is 0.413 e. The average Bonchev–Trinajstić information content (AvgIpc) is 2.78. The van der Waals surface area contributed by atoms with Crippen LogP contribution >= 0.6 is 0 Å². The Morgan fingerprint density at radius 3 is 2.73 bits per heavy atom. The fraction of sp³-hybridized carbons (Fsp3) is 0.643. The van der Waals surface area contributed by atoms with Gasteiger partial charge in [-0.1, -0.05) is 0 Å². The molecule has 0 aromatic carbocycles. The molecule has 0 aliphatic rings. The van der Waals surface area contributed by atoms with E-state index in [2.05, 4.69) is 20.8 Å². The molecular formula is C14H24N4O4. The molecule has 0 radical (unpaired) electrons. The van der Waals surface area contributed by atoms with Gasteiger partial charge in [0.2, 0.25) is 0 Å². The van der Waals surface area contributed by atoms with Gasteiger partial charge in [0.05, 0.1) is 6.20 Å². The molecule has 0 spiro atoms. The summed E-state index contributed by atoms with van der Waals surface area (Å²) in [6, 6.07) is 0.0420. The highest BCUT2D eigenvalue weighted by Crippen LogP contribution is 2.14. The first kappa shape index (κ1) is 18.0. The highest BCUT2D eigenvalue weighted by molar-refractivity contribution is 5.84. The zero-order valence-corrected chi connectivity index (χ0v) is 13.4. The SMILES string of the molecule is CC(CCC(=O)O)NCc1cn[nH]c1NC(=O)OC(C)(C)C. The highest BCUT2D eigenvalue weighted by Gasteiger charge is 2.18. The lowest BCUT2D eigenvalue weighted by atomic mass is 10.2. The van der Waals surface area contributed by atoms with Crippen molar-refractivity contribution in [1.29, 1.82) is 0 Å². The van der Waals surface area contributed by atoms with Gasteiger partial charge in [-0.25, -0.2) is 4.79 Å². The maximum absolute atomic E-state index is 11.7. The summed E-state index contributed by atoms with van der Waals surface area (Å²) in [7, 11) is 0. The van der Waals surface area contributed by atoms with Crippen LogP contribution in [0.3, 0.4) is 0 Å². The maximum atomic E-state index is 11.7. The quantitative estimate of drug-likeness (QED) is 0.612. The number of aliphatic carboxylic acids is 1. The zero-order valence-electron chi connectivity index (χ0n) is 13.4. The second-order valence-corrected chi connectivity index (χ2v) is 6.11. The molecular weight excluding hydrogens is 288 g/mol. The molecule has 0 aliphatic carbocycles. The van der Waals surface area contributed by atoms with E-state index in [0.29, 0.717) is 18.8 Å². The second kappa shape index (κ2) is 7.79. The number of aromatic nitrogens is 2. The molecule has 0 fully saturated rings. The maximum Gasteiger partial charge on any atom is 0.413 e. The summed E-state index contributed by atoms with van der Waals surface area (Å²) >= 11 is 0. The van der Waals surface area contributed by atoms with E-state index in [4.69, 9.17) is 9.84 Å². The molecule has 1 heterocycles. The van der Waals surface area contributed by atoms with Gasteiger partial charge in [0.1, 0.15) is 11.4 Å². The van der Waals surface area contributed by atoms with Crippen molar-refractivity contribution in [3.63, 3.8) is 0 Å². The van der Waals surface area contributed by atoms with Crippen molar-refractivity contribution in [2.75, 3.05) is 5.32 Å². The van der Waals surface area contributed by atoms with E-state index in [9.17, 15) is 9.59 Å². The van der Waals surface area contributed by atoms with Gasteiger partial charge in [0.25, 0.3) is 0 Å². The number of anilines is 1. The normalized spacial score (nSPS) is 12.7. The number of carbonyl (C=O) groups is 2. The Balaban J connectivity index is 2.48. The topological polar surface area (TPSA) is 116 Å². The molecule has 8 nitrogen and oxygen atoms in total. The van der Waals surface area contributed by atoms with E-state index in [1.807, 2.05) is 6.92 Å². The first-order valence-electron chi connectivity index (χ1n) is 7.15. The van der Waals surface area contributed by atoms with Crippen LogP contribution in [0.5, 0.6) is 0 Å². The summed E-state index contributed by atoms with van der Waals surface area (Å²) in [5, 5.41) is 21.0. The predicted octanol–water partition coefficient (Wildman–Crippen LogP) is 2.10. The van der Waals surface area contributed by atoms with Gasteiger partial charge in [0, 0.05) is 24.6 Å². The van der Waals surface area contributed by atoms with Crippen molar-refractivity contribution in [1.82, 2.24) is 15.5 Å². The number of carbonyl (C=O) groups excluding carboxylic acids is 1. The van der Waals surface area contributed by atoms with Gasteiger partial charge in [-0.15, -0.1) is 0 Å². The van der Waals surface area contributed by atoms with Crippen LogP contribution in [0.2, 0.25) is 0 Å². The molecule has 4 N–H and O–H groups in total. The van der Waals surface area contributed by atoms with Gasteiger partial charge < -0.3 is 15.2 Å². The summed E-state index contributed by atoms with van der Waals surface area (Å²) < 4.78 is 5.17. The Kier molecular flexibility index (Phi) is 6.36. The number of nitrogens with zero attached hydrogens (tertiary/aromatic N) is 1. The monoisotopic (exact) mass is 312 g/mol. The van der Waals surface area contributed by atoms with Gasteiger partial charge >= 0.3 is 12.1 Å². The Bertz CT molecular complexity index is 507. The van der Waals surface area contributed by atoms with Crippen LogP contribution in [0.1, 0.15) is 46.1 Å². The third-order valence-corrected chi connectivity index (χ3v) is 2.78. The van der Waals surface area contributed by atoms with Crippen molar-refractivity contribution in [3.05, 3.63) is 11.8 Å². The third-order valence-electron chi connectivity index (χ3n) is 2.78. The molecule has 1 unspecified atom stereocenters. The largest absolute Gasteiger partial charge is 0.481 e. The Labute approximate surface area is 129 Å². The van der Waals surface area contributed by atoms with Gasteiger partial charge in [-0.2, -0.15) is 5.10 Å². The summed E-state index contributed by atoms with van der Waals surface area (Å²) in [4.78, 5) is 22.2. The number of hydrogen-bond acceptors (Lipinski definition) is 5. The Morgan fingerprint density at radius 2 is 2.14 bits per heavy atom. The van der Waals surface area contributed by atoms with Gasteiger partial charge in [-0.3, -0.25) is 15.2 Å². The van der Waals surface area contributed by atoms with Crippen molar-refractivity contribution in [3.8, 4) is 0 Å². The van der Waals surface area contributed by atoms with E-state index in [1.165, 1.54) is 0 Å². The number of rotatable bonds is 7. The van der Waals surface area contributed by atoms with Crippen LogP contribution in [-0.4, -0.2) is 39.0 Å². The van der Waals surface area contributed by atoms with Crippen LogP contribution in [0.25, 0.3) is 0 Å². The number of ether oxygens (including phenoxy) is 1. The van der Waals surface area contributed by atoms with E-state index in [-0.39, 0.29) is 12.5 Å². The van der Waals surface area contributed by atoms with E-state index >= 15 is 0 Å². The molecule has 1 amide bonds. The second-order valence-electron chi connectivity index (χ2n) is 6.11. The van der Waals surface area contributed by atoms with Crippen LogP contribution in [-0.2, 0) is 16.1 Å². The van der Waals surface area contributed by atoms with Crippen LogP contribution in [0.15, 0.2) is 6.20 Å². The van der Waals surface area contributed by atoms with Gasteiger partial charge in [-0.05, 0) is 34.1 Å². The average molecular weight is 312 g/mol. The molecule has 1 rings (SSSR count). The number of carboxylic acid groups (broad SMARTS) is 1. The highest BCUT2D eigenvalue weighted by atomic mass is 16.6. The van der Waals surface area contributed by atoms with Crippen LogP contribution in [0, 0.1) is 0 Å². The molecule has 22 heavy (non-hydrogen) atoms. The molecule has 0 aliphatic heterocycles. The predicted molar refractivity (Wildman–Crippen MR) is 81.6 cm³/mol. The minimum Gasteiger partial charge on any atom is -0.481 e. The molecule has 0 saturated heterocycles. The summed E-state index contributed by atoms with van der Waals surface area (Å²) in [5.74, 6) is -0.351. The fourth-order valence-electron chi connectivity index (χ4n) is 1.69. The molecule has 1 aromatic rings. The minimum atomic E-state index is -0.816. The summed E-state index contributed by atoms with van der Waals surface area (Å²) in [6.45, 7) is 7.72. The first-order valence-corrected chi connectivity index (χ1v) is 7.15. The number of nitrogens with one attached hydrogen (secondary N) is 3. The number of amides is 1.